The van der Waals surface area contributed by atoms with E-state index in [0.717, 1.165) is 25.7 Å². The van der Waals surface area contributed by atoms with Gasteiger partial charge < -0.3 is 0 Å². The first-order chi connectivity index (χ1) is 7.56. The number of halogens is 1. The van der Waals surface area contributed by atoms with Crippen LogP contribution in [0.25, 0.3) is 0 Å². The predicted molar refractivity (Wildman–Crippen MR) is 68.3 cm³/mol. The van der Waals surface area contributed by atoms with E-state index in [1.54, 1.807) is 4.31 Å². The first-order valence-corrected chi connectivity index (χ1v) is 8.24. The van der Waals surface area contributed by atoms with Crippen molar-refractivity contribution in [1.29, 1.82) is 0 Å². The summed E-state index contributed by atoms with van der Waals surface area (Å²) >= 11 is 5.55. The fourth-order valence-corrected chi connectivity index (χ4v) is 3.83. The fourth-order valence-electron chi connectivity index (χ4n) is 2.02. The van der Waals surface area contributed by atoms with Gasteiger partial charge >= 0.3 is 0 Å². The Morgan fingerprint density at radius 1 is 1.25 bits per heavy atom. The van der Waals surface area contributed by atoms with Gasteiger partial charge in [0.05, 0.1) is 5.75 Å². The van der Waals surface area contributed by atoms with Crippen LogP contribution in [0.2, 0.25) is 0 Å². The molecule has 1 atom stereocenters. The topological polar surface area (TPSA) is 37.4 Å². The average molecular weight is 268 g/mol. The van der Waals surface area contributed by atoms with E-state index in [0.29, 0.717) is 31.3 Å². The number of hydrogen-bond acceptors (Lipinski definition) is 2. The molecule has 5 heteroatoms. The van der Waals surface area contributed by atoms with Crippen molar-refractivity contribution >= 4 is 21.6 Å². The monoisotopic (exact) mass is 267 g/mol. The quantitative estimate of drug-likeness (QED) is 0.567. The SMILES string of the molecule is CC1CCCN(S(=O)(=O)CCCCCl)CC1. The van der Waals surface area contributed by atoms with Crippen LogP contribution in [0, 0.1) is 5.92 Å². The van der Waals surface area contributed by atoms with E-state index in [1.807, 2.05) is 0 Å². The molecule has 3 nitrogen and oxygen atoms in total. The normalized spacial score (nSPS) is 24.2. The third kappa shape index (κ3) is 4.60. The molecule has 0 amide bonds. The third-order valence-electron chi connectivity index (χ3n) is 3.16. The lowest BCUT2D eigenvalue weighted by atomic mass is 10.0. The minimum absolute atomic E-state index is 0.258. The summed E-state index contributed by atoms with van der Waals surface area (Å²) in [6.45, 7) is 3.60. The number of nitrogens with zero attached hydrogens (tertiary/aromatic N) is 1. The second-order valence-corrected chi connectivity index (χ2v) is 7.11. The van der Waals surface area contributed by atoms with Crippen LogP contribution >= 0.6 is 11.6 Å². The van der Waals surface area contributed by atoms with Crippen LogP contribution in [0.5, 0.6) is 0 Å². The standard InChI is InChI=1S/C11H22ClNO2S/c1-11-5-4-8-13(9-6-11)16(14,15)10-3-2-7-12/h11H,2-10H2,1H3. The summed E-state index contributed by atoms with van der Waals surface area (Å²) in [6.07, 6.45) is 4.60. The largest absolute Gasteiger partial charge is 0.214 e. The lowest BCUT2D eigenvalue weighted by Gasteiger charge is -2.19. The Labute approximate surface area is 104 Å². The summed E-state index contributed by atoms with van der Waals surface area (Å²) in [5.74, 6) is 1.46. The number of unbranched alkanes of at least 4 members (excludes halogenated alkanes) is 1. The Bertz CT molecular complexity index is 292. The van der Waals surface area contributed by atoms with E-state index in [4.69, 9.17) is 11.6 Å². The first kappa shape index (κ1) is 14.3. The molecule has 1 rings (SSSR count). The predicted octanol–water partition coefficient (Wildman–Crippen LogP) is 2.46. The molecule has 0 aromatic carbocycles. The summed E-state index contributed by atoms with van der Waals surface area (Å²) in [5, 5.41) is 0. The molecule has 1 unspecified atom stereocenters. The average Bonchev–Trinajstić information content (AvgIpc) is 2.43. The number of sulfonamides is 1. The van der Waals surface area contributed by atoms with Crippen molar-refractivity contribution in [2.45, 2.75) is 39.0 Å². The van der Waals surface area contributed by atoms with Gasteiger partial charge in [0.2, 0.25) is 10.0 Å². The molecule has 0 aromatic heterocycles. The molecule has 0 spiro atoms. The molecule has 0 saturated carbocycles. The highest BCUT2D eigenvalue weighted by Gasteiger charge is 2.23. The van der Waals surface area contributed by atoms with Gasteiger partial charge in [-0.25, -0.2) is 12.7 Å². The summed E-state index contributed by atoms with van der Waals surface area (Å²) < 4.78 is 25.7. The number of alkyl halides is 1. The van der Waals surface area contributed by atoms with Crippen LogP contribution in [-0.2, 0) is 10.0 Å². The van der Waals surface area contributed by atoms with Crippen molar-refractivity contribution in [3.05, 3.63) is 0 Å². The molecular weight excluding hydrogens is 246 g/mol. The summed E-state index contributed by atoms with van der Waals surface area (Å²) in [4.78, 5) is 0. The minimum Gasteiger partial charge on any atom is -0.212 e. The molecule has 1 saturated heterocycles. The lowest BCUT2D eigenvalue weighted by molar-refractivity contribution is 0.416. The van der Waals surface area contributed by atoms with E-state index in [2.05, 4.69) is 6.92 Å². The second kappa shape index (κ2) is 6.82. The zero-order valence-electron chi connectivity index (χ0n) is 9.99. The minimum atomic E-state index is -3.03. The molecule has 0 bridgehead atoms. The maximum absolute atomic E-state index is 12.0. The van der Waals surface area contributed by atoms with Crippen LogP contribution in [-0.4, -0.2) is 37.4 Å². The Morgan fingerprint density at radius 3 is 2.69 bits per heavy atom. The summed E-state index contributed by atoms with van der Waals surface area (Å²) in [5.41, 5.74) is 0. The van der Waals surface area contributed by atoms with Crippen LogP contribution in [0.1, 0.15) is 39.0 Å². The Balaban J connectivity index is 2.47. The van der Waals surface area contributed by atoms with Gasteiger partial charge in [0, 0.05) is 19.0 Å². The van der Waals surface area contributed by atoms with Crippen molar-refractivity contribution in [2.24, 2.45) is 5.92 Å². The summed E-state index contributed by atoms with van der Waals surface area (Å²) in [6, 6.07) is 0. The van der Waals surface area contributed by atoms with Crippen LogP contribution < -0.4 is 0 Å². The van der Waals surface area contributed by atoms with Crippen molar-refractivity contribution in [2.75, 3.05) is 24.7 Å². The Kier molecular flexibility index (Phi) is 6.08. The zero-order chi connectivity index (χ0) is 12.0. The molecule has 0 N–H and O–H groups in total. The summed E-state index contributed by atoms with van der Waals surface area (Å²) in [7, 11) is -3.03. The molecule has 16 heavy (non-hydrogen) atoms. The molecule has 1 heterocycles. The van der Waals surface area contributed by atoms with Gasteiger partial charge in [-0.2, -0.15) is 0 Å². The van der Waals surface area contributed by atoms with Crippen molar-refractivity contribution in [3.63, 3.8) is 0 Å². The van der Waals surface area contributed by atoms with Gasteiger partial charge in [0.25, 0.3) is 0 Å². The maximum Gasteiger partial charge on any atom is 0.214 e. The van der Waals surface area contributed by atoms with Crippen LogP contribution in [0.4, 0.5) is 0 Å². The van der Waals surface area contributed by atoms with E-state index in [1.165, 1.54) is 0 Å². The van der Waals surface area contributed by atoms with Crippen molar-refractivity contribution in [1.82, 2.24) is 4.31 Å². The zero-order valence-corrected chi connectivity index (χ0v) is 11.6. The maximum atomic E-state index is 12.0. The second-order valence-electron chi connectivity index (χ2n) is 4.65. The molecular formula is C11H22ClNO2S. The van der Waals surface area contributed by atoms with Gasteiger partial charge in [-0.15, -0.1) is 11.6 Å². The fraction of sp³-hybridized carbons (Fsp3) is 1.00. The van der Waals surface area contributed by atoms with Crippen LogP contribution in [0.15, 0.2) is 0 Å². The van der Waals surface area contributed by atoms with E-state index >= 15 is 0 Å². The smallest absolute Gasteiger partial charge is 0.212 e. The van der Waals surface area contributed by atoms with Gasteiger partial charge in [-0.1, -0.05) is 6.92 Å². The van der Waals surface area contributed by atoms with Crippen LogP contribution in [0.3, 0.4) is 0 Å². The van der Waals surface area contributed by atoms with Gasteiger partial charge in [0.15, 0.2) is 0 Å². The molecule has 0 radical (unpaired) electrons. The van der Waals surface area contributed by atoms with Gasteiger partial charge in [-0.05, 0) is 38.0 Å². The molecule has 0 aromatic rings. The highest BCUT2D eigenvalue weighted by atomic mass is 35.5. The van der Waals surface area contributed by atoms with E-state index in [-0.39, 0.29) is 5.75 Å². The highest BCUT2D eigenvalue weighted by Crippen LogP contribution is 2.19. The lowest BCUT2D eigenvalue weighted by Crippen LogP contribution is -2.34. The Morgan fingerprint density at radius 2 is 2.00 bits per heavy atom. The van der Waals surface area contributed by atoms with Crippen molar-refractivity contribution < 1.29 is 8.42 Å². The molecule has 0 aliphatic carbocycles. The first-order valence-electron chi connectivity index (χ1n) is 6.10. The molecule has 96 valence electrons. The molecule has 1 aliphatic heterocycles. The number of rotatable bonds is 5. The van der Waals surface area contributed by atoms with E-state index < -0.39 is 10.0 Å². The molecule has 1 aliphatic rings. The van der Waals surface area contributed by atoms with Gasteiger partial charge in [0.1, 0.15) is 0 Å². The van der Waals surface area contributed by atoms with E-state index in [9.17, 15) is 8.42 Å². The number of hydrogen-bond donors (Lipinski definition) is 0. The molecule has 1 fully saturated rings. The van der Waals surface area contributed by atoms with Gasteiger partial charge in [-0.3, -0.25) is 0 Å². The highest BCUT2D eigenvalue weighted by molar-refractivity contribution is 7.89. The van der Waals surface area contributed by atoms with Crippen molar-refractivity contribution in [3.8, 4) is 0 Å². The Hall–Kier alpha value is 0.200. The third-order valence-corrected chi connectivity index (χ3v) is 5.38.